The molecule has 0 unspecified atom stereocenters. The van der Waals surface area contributed by atoms with Crippen molar-refractivity contribution in [2.45, 2.75) is 19.0 Å². The molecule has 0 atom stereocenters. The molecule has 0 aliphatic carbocycles. The number of nitrogens with two attached hydrogens (primary N) is 1. The Morgan fingerprint density at radius 3 is 2.84 bits per heavy atom. The first-order valence-corrected chi connectivity index (χ1v) is 6.24. The molecule has 0 amide bonds. The molecular formula is C13H17F3N2O. The molecule has 0 saturated carbocycles. The third kappa shape index (κ3) is 3.76. The van der Waals surface area contributed by atoms with Crippen molar-refractivity contribution in [2.75, 3.05) is 36.9 Å². The van der Waals surface area contributed by atoms with Crippen molar-refractivity contribution in [3.8, 4) is 0 Å². The second-order valence-electron chi connectivity index (χ2n) is 4.61. The molecule has 0 radical (unpaired) electrons. The Hall–Kier alpha value is -1.43. The van der Waals surface area contributed by atoms with Crippen LogP contribution in [-0.2, 0) is 11.2 Å². The summed E-state index contributed by atoms with van der Waals surface area (Å²) in [5.41, 5.74) is 8.72. The minimum atomic E-state index is -4.27. The fourth-order valence-electron chi connectivity index (χ4n) is 2.36. The van der Waals surface area contributed by atoms with Crippen LogP contribution in [0.3, 0.4) is 0 Å². The largest absolute Gasteiger partial charge is 0.411 e. The van der Waals surface area contributed by atoms with Crippen LogP contribution >= 0.6 is 0 Å². The Morgan fingerprint density at radius 1 is 1.32 bits per heavy atom. The molecular weight excluding hydrogens is 257 g/mol. The van der Waals surface area contributed by atoms with Gasteiger partial charge in [0.1, 0.15) is 6.61 Å². The second-order valence-corrected chi connectivity index (χ2v) is 4.61. The smallest absolute Gasteiger partial charge is 0.397 e. The predicted molar refractivity (Wildman–Crippen MR) is 68.3 cm³/mol. The molecule has 1 aromatic carbocycles. The van der Waals surface area contributed by atoms with Crippen LogP contribution in [0.4, 0.5) is 24.5 Å². The molecule has 1 heterocycles. The summed E-state index contributed by atoms with van der Waals surface area (Å²) in [6, 6.07) is 5.72. The van der Waals surface area contributed by atoms with E-state index in [4.69, 9.17) is 5.73 Å². The van der Waals surface area contributed by atoms with Crippen LogP contribution in [0, 0.1) is 0 Å². The van der Waals surface area contributed by atoms with Crippen LogP contribution in [0.25, 0.3) is 0 Å². The van der Waals surface area contributed by atoms with Gasteiger partial charge in [0.15, 0.2) is 0 Å². The van der Waals surface area contributed by atoms with Gasteiger partial charge >= 0.3 is 6.18 Å². The fourth-order valence-corrected chi connectivity index (χ4v) is 2.36. The highest BCUT2D eigenvalue weighted by molar-refractivity contribution is 5.72. The van der Waals surface area contributed by atoms with Crippen molar-refractivity contribution in [3.63, 3.8) is 0 Å². The lowest BCUT2D eigenvalue weighted by atomic mass is 10.0. The highest BCUT2D eigenvalue weighted by atomic mass is 19.4. The fraction of sp³-hybridized carbons (Fsp3) is 0.538. The van der Waals surface area contributed by atoms with E-state index in [1.54, 1.807) is 0 Å². The number of alkyl halides is 3. The maximum absolute atomic E-state index is 12.0. The molecule has 3 nitrogen and oxygen atoms in total. The van der Waals surface area contributed by atoms with Crippen molar-refractivity contribution in [1.82, 2.24) is 0 Å². The van der Waals surface area contributed by atoms with Crippen molar-refractivity contribution < 1.29 is 17.9 Å². The molecule has 19 heavy (non-hydrogen) atoms. The van der Waals surface area contributed by atoms with E-state index in [1.165, 1.54) is 0 Å². The zero-order valence-corrected chi connectivity index (χ0v) is 10.5. The van der Waals surface area contributed by atoms with Crippen LogP contribution in [0.2, 0.25) is 0 Å². The first kappa shape index (κ1) is 14.0. The van der Waals surface area contributed by atoms with Gasteiger partial charge in [0, 0.05) is 13.1 Å². The van der Waals surface area contributed by atoms with Gasteiger partial charge in [-0.15, -0.1) is 0 Å². The maximum atomic E-state index is 12.0. The normalized spacial score (nSPS) is 15.4. The molecule has 1 aliphatic rings. The molecule has 0 saturated heterocycles. The van der Waals surface area contributed by atoms with Crippen molar-refractivity contribution in [1.29, 1.82) is 0 Å². The van der Waals surface area contributed by atoms with Gasteiger partial charge in [-0.2, -0.15) is 13.2 Å². The predicted octanol–water partition coefficient (Wildman–Crippen LogP) is 2.60. The topological polar surface area (TPSA) is 38.5 Å². The van der Waals surface area contributed by atoms with Gasteiger partial charge in [-0.25, -0.2) is 0 Å². The summed E-state index contributed by atoms with van der Waals surface area (Å²) in [5, 5.41) is 0. The molecule has 2 rings (SSSR count). The number of halogens is 3. The molecule has 1 aliphatic heterocycles. The van der Waals surface area contributed by atoms with E-state index >= 15 is 0 Å². The van der Waals surface area contributed by atoms with E-state index < -0.39 is 12.8 Å². The summed E-state index contributed by atoms with van der Waals surface area (Å²) < 4.78 is 40.5. The number of rotatable bonds is 4. The SMILES string of the molecule is Nc1cccc2c1N(CCOCC(F)(F)F)CCC2. The Kier molecular flexibility index (Phi) is 4.19. The number of hydrogen-bond acceptors (Lipinski definition) is 3. The number of nitrogen functional groups attached to an aromatic ring is 1. The summed E-state index contributed by atoms with van der Waals surface area (Å²) in [7, 11) is 0. The molecule has 106 valence electrons. The van der Waals surface area contributed by atoms with Crippen LogP contribution in [0.1, 0.15) is 12.0 Å². The highest BCUT2D eigenvalue weighted by Crippen LogP contribution is 2.32. The number of ether oxygens (including phenoxy) is 1. The lowest BCUT2D eigenvalue weighted by molar-refractivity contribution is -0.173. The summed E-state index contributed by atoms with van der Waals surface area (Å²) in [6.45, 7) is 0.0825. The molecule has 0 fully saturated rings. The third-order valence-electron chi connectivity index (χ3n) is 3.11. The minimum Gasteiger partial charge on any atom is -0.397 e. The number of nitrogens with zero attached hydrogens (tertiary/aromatic N) is 1. The standard InChI is InChI=1S/C13H17F3N2O/c14-13(15,16)9-19-8-7-18-6-2-4-10-3-1-5-11(17)12(10)18/h1,3,5H,2,4,6-9,17H2. The van der Waals surface area contributed by atoms with Crippen LogP contribution in [-0.4, -0.2) is 32.5 Å². The number of para-hydroxylation sites is 1. The minimum absolute atomic E-state index is 0.0489. The van der Waals surface area contributed by atoms with Gasteiger partial charge in [0.05, 0.1) is 18.0 Å². The first-order valence-electron chi connectivity index (χ1n) is 6.24. The Bertz CT molecular complexity index is 434. The van der Waals surface area contributed by atoms with Gasteiger partial charge in [0.25, 0.3) is 0 Å². The highest BCUT2D eigenvalue weighted by Gasteiger charge is 2.27. The molecule has 0 spiro atoms. The molecule has 0 aromatic heterocycles. The van der Waals surface area contributed by atoms with Crippen molar-refractivity contribution in [3.05, 3.63) is 23.8 Å². The second kappa shape index (κ2) is 5.69. The van der Waals surface area contributed by atoms with Crippen molar-refractivity contribution >= 4 is 11.4 Å². The summed E-state index contributed by atoms with van der Waals surface area (Å²) in [6.07, 6.45) is -2.32. The van der Waals surface area contributed by atoms with Gasteiger partial charge in [-0.05, 0) is 24.5 Å². The van der Waals surface area contributed by atoms with Crippen LogP contribution in [0.5, 0.6) is 0 Å². The quantitative estimate of drug-likeness (QED) is 0.677. The van der Waals surface area contributed by atoms with E-state index in [0.29, 0.717) is 12.2 Å². The van der Waals surface area contributed by atoms with Gasteiger partial charge < -0.3 is 15.4 Å². The van der Waals surface area contributed by atoms with E-state index in [1.807, 2.05) is 23.1 Å². The zero-order valence-electron chi connectivity index (χ0n) is 10.5. The monoisotopic (exact) mass is 274 g/mol. The molecule has 2 N–H and O–H groups in total. The van der Waals surface area contributed by atoms with Gasteiger partial charge in [-0.1, -0.05) is 12.1 Å². The number of aryl methyl sites for hydroxylation is 1. The number of anilines is 2. The number of fused-ring (bicyclic) bond motifs is 1. The summed E-state index contributed by atoms with van der Waals surface area (Å²) >= 11 is 0. The zero-order chi connectivity index (χ0) is 13.9. The summed E-state index contributed by atoms with van der Waals surface area (Å²) in [4.78, 5) is 2.00. The van der Waals surface area contributed by atoms with E-state index in [2.05, 4.69) is 4.74 Å². The summed E-state index contributed by atoms with van der Waals surface area (Å²) in [5.74, 6) is 0. The van der Waals surface area contributed by atoms with Crippen molar-refractivity contribution in [2.24, 2.45) is 0 Å². The Balaban J connectivity index is 1.93. The Morgan fingerprint density at radius 2 is 2.11 bits per heavy atom. The number of benzene rings is 1. The van der Waals surface area contributed by atoms with Gasteiger partial charge in [-0.3, -0.25) is 0 Å². The first-order chi connectivity index (χ1) is 8.97. The van der Waals surface area contributed by atoms with E-state index in [0.717, 1.165) is 30.6 Å². The number of hydrogen-bond donors (Lipinski definition) is 1. The van der Waals surface area contributed by atoms with E-state index in [9.17, 15) is 13.2 Å². The molecule has 1 aromatic rings. The van der Waals surface area contributed by atoms with Crippen LogP contribution < -0.4 is 10.6 Å². The third-order valence-corrected chi connectivity index (χ3v) is 3.11. The van der Waals surface area contributed by atoms with Crippen LogP contribution in [0.15, 0.2) is 18.2 Å². The average Bonchev–Trinajstić information content (AvgIpc) is 2.34. The lowest BCUT2D eigenvalue weighted by Crippen LogP contribution is -2.34. The molecule has 0 bridgehead atoms. The lowest BCUT2D eigenvalue weighted by Gasteiger charge is -2.32. The molecule has 6 heteroatoms. The Labute approximate surface area is 110 Å². The van der Waals surface area contributed by atoms with E-state index in [-0.39, 0.29) is 6.61 Å². The average molecular weight is 274 g/mol. The van der Waals surface area contributed by atoms with Gasteiger partial charge in [0.2, 0.25) is 0 Å². The maximum Gasteiger partial charge on any atom is 0.411 e.